The number of nitrogens with zero attached hydrogens (tertiary/aromatic N) is 1. The van der Waals surface area contributed by atoms with Crippen LogP contribution in [-0.4, -0.2) is 36.3 Å². The second-order valence-corrected chi connectivity index (χ2v) is 7.15. The number of carbonyl (C=O) groups is 2. The van der Waals surface area contributed by atoms with Gasteiger partial charge in [0, 0.05) is 31.2 Å². The van der Waals surface area contributed by atoms with Gasteiger partial charge in [-0.05, 0) is 49.3 Å². The first-order chi connectivity index (χ1) is 11.5. The van der Waals surface area contributed by atoms with E-state index in [2.05, 4.69) is 30.5 Å². The van der Waals surface area contributed by atoms with Gasteiger partial charge in [-0.2, -0.15) is 0 Å². The van der Waals surface area contributed by atoms with Crippen LogP contribution in [0, 0.1) is 5.92 Å². The van der Waals surface area contributed by atoms with Gasteiger partial charge in [0.25, 0.3) is 0 Å². The third-order valence-electron chi connectivity index (χ3n) is 5.09. The summed E-state index contributed by atoms with van der Waals surface area (Å²) in [6.07, 6.45) is 3.66. The van der Waals surface area contributed by atoms with Crippen LogP contribution in [-0.2, 0) is 16.0 Å². The summed E-state index contributed by atoms with van der Waals surface area (Å²) in [4.78, 5) is 25.8. The number of benzene rings is 1. The van der Waals surface area contributed by atoms with E-state index in [-0.39, 0.29) is 17.9 Å². The van der Waals surface area contributed by atoms with E-state index >= 15 is 0 Å². The van der Waals surface area contributed by atoms with Crippen molar-refractivity contribution in [2.24, 2.45) is 5.92 Å². The number of carbonyl (C=O) groups excluding carboxylic acids is 2. The molecule has 0 unspecified atom stereocenters. The van der Waals surface area contributed by atoms with Crippen molar-refractivity contribution in [2.45, 2.75) is 45.6 Å². The van der Waals surface area contributed by atoms with Crippen LogP contribution < -0.4 is 10.6 Å². The number of hydrogen-bond acceptors (Lipinski definition) is 3. The first-order valence-corrected chi connectivity index (χ1v) is 8.97. The fourth-order valence-electron chi connectivity index (χ4n) is 3.56. The minimum Gasteiger partial charge on any atom is -0.341 e. The molecule has 0 radical (unpaired) electrons. The van der Waals surface area contributed by atoms with E-state index in [0.29, 0.717) is 18.9 Å². The summed E-state index contributed by atoms with van der Waals surface area (Å²) in [6, 6.07) is 6.24. The van der Waals surface area contributed by atoms with Crippen molar-refractivity contribution >= 4 is 17.5 Å². The molecule has 2 aliphatic heterocycles. The smallest absolute Gasteiger partial charge is 0.236 e. The van der Waals surface area contributed by atoms with Crippen LogP contribution in [0.2, 0.25) is 0 Å². The van der Waals surface area contributed by atoms with Crippen LogP contribution >= 0.6 is 0 Å². The number of nitrogens with one attached hydrogen (secondary N) is 2. The molecule has 3 rings (SSSR count). The number of piperidine rings is 1. The molecule has 0 spiro atoms. The molecule has 2 N–H and O–H groups in total. The highest BCUT2D eigenvalue weighted by Gasteiger charge is 2.21. The molecule has 0 aromatic heterocycles. The summed E-state index contributed by atoms with van der Waals surface area (Å²) in [5.41, 5.74) is 3.25. The Bertz CT molecular complexity index is 629. The van der Waals surface area contributed by atoms with Gasteiger partial charge in [0.1, 0.15) is 0 Å². The molecule has 0 saturated carbocycles. The number of amides is 2. The standard InChI is InChI=1S/C19H27N3O2/c1-13-4-3-9-22(12-13)19(24)11-20-14(2)15-5-7-17-16(10-15)6-8-18(23)21-17/h5,7,10,13-14,20H,3-4,6,8-9,11-12H2,1-2H3,(H,21,23)/t13-,14+/m0/s1. The minimum absolute atomic E-state index is 0.0859. The SMILES string of the molecule is C[C@H]1CCCN(C(=O)CN[C@H](C)c2ccc3c(c2)CCC(=O)N3)C1. The molecule has 2 heterocycles. The molecule has 1 fully saturated rings. The van der Waals surface area contributed by atoms with E-state index in [4.69, 9.17) is 0 Å². The lowest BCUT2D eigenvalue weighted by Crippen LogP contribution is -2.43. The number of likely N-dealkylation sites (tertiary alicyclic amines) is 1. The Balaban J connectivity index is 1.56. The fraction of sp³-hybridized carbons (Fsp3) is 0.579. The summed E-state index contributed by atoms with van der Waals surface area (Å²) in [5, 5.41) is 6.25. The number of rotatable bonds is 4. The Kier molecular flexibility index (Phi) is 5.19. The Hall–Kier alpha value is -1.88. The predicted octanol–water partition coefficient (Wildman–Crippen LogP) is 2.48. The zero-order chi connectivity index (χ0) is 17.1. The molecule has 1 aromatic carbocycles. The number of aryl methyl sites for hydroxylation is 1. The van der Waals surface area contributed by atoms with Crippen molar-refractivity contribution in [3.8, 4) is 0 Å². The molecular formula is C19H27N3O2. The van der Waals surface area contributed by atoms with Crippen LogP contribution in [0.1, 0.15) is 50.3 Å². The quantitative estimate of drug-likeness (QED) is 0.892. The zero-order valence-electron chi connectivity index (χ0n) is 14.6. The second kappa shape index (κ2) is 7.34. The van der Waals surface area contributed by atoms with Gasteiger partial charge < -0.3 is 15.5 Å². The van der Waals surface area contributed by atoms with Crippen LogP contribution in [0.4, 0.5) is 5.69 Å². The average Bonchev–Trinajstić information content (AvgIpc) is 2.58. The average molecular weight is 329 g/mol. The van der Waals surface area contributed by atoms with Gasteiger partial charge in [-0.25, -0.2) is 0 Å². The van der Waals surface area contributed by atoms with Crippen LogP contribution in [0.15, 0.2) is 18.2 Å². The van der Waals surface area contributed by atoms with E-state index in [9.17, 15) is 9.59 Å². The summed E-state index contributed by atoms with van der Waals surface area (Å²) in [5.74, 6) is 0.886. The van der Waals surface area contributed by atoms with Crippen molar-refractivity contribution in [3.05, 3.63) is 29.3 Å². The predicted molar refractivity (Wildman–Crippen MR) is 94.8 cm³/mol. The fourth-order valence-corrected chi connectivity index (χ4v) is 3.56. The number of hydrogen-bond donors (Lipinski definition) is 2. The molecule has 2 amide bonds. The Morgan fingerprint density at radius 1 is 1.42 bits per heavy atom. The Labute approximate surface area is 143 Å². The van der Waals surface area contributed by atoms with Crippen molar-refractivity contribution in [1.29, 1.82) is 0 Å². The highest BCUT2D eigenvalue weighted by atomic mass is 16.2. The Morgan fingerprint density at radius 3 is 3.04 bits per heavy atom. The van der Waals surface area contributed by atoms with E-state index in [1.165, 1.54) is 12.0 Å². The topological polar surface area (TPSA) is 61.4 Å². The van der Waals surface area contributed by atoms with Crippen molar-refractivity contribution < 1.29 is 9.59 Å². The van der Waals surface area contributed by atoms with Crippen LogP contribution in [0.5, 0.6) is 0 Å². The maximum Gasteiger partial charge on any atom is 0.236 e. The van der Waals surface area contributed by atoms with Gasteiger partial charge in [0.2, 0.25) is 11.8 Å². The lowest BCUT2D eigenvalue weighted by molar-refractivity contribution is -0.132. The molecule has 0 aliphatic carbocycles. The van der Waals surface area contributed by atoms with Crippen LogP contribution in [0.3, 0.4) is 0 Å². The molecule has 5 heteroatoms. The zero-order valence-corrected chi connectivity index (χ0v) is 14.6. The van der Waals surface area contributed by atoms with Gasteiger partial charge in [0.05, 0.1) is 6.54 Å². The summed E-state index contributed by atoms with van der Waals surface area (Å²) in [6.45, 7) is 6.43. The molecule has 24 heavy (non-hydrogen) atoms. The van der Waals surface area contributed by atoms with Crippen molar-refractivity contribution in [2.75, 3.05) is 25.0 Å². The van der Waals surface area contributed by atoms with E-state index < -0.39 is 0 Å². The minimum atomic E-state index is 0.0859. The third-order valence-corrected chi connectivity index (χ3v) is 5.09. The maximum absolute atomic E-state index is 12.4. The summed E-state index contributed by atoms with van der Waals surface area (Å²) in [7, 11) is 0. The third kappa shape index (κ3) is 3.96. The van der Waals surface area contributed by atoms with Gasteiger partial charge >= 0.3 is 0 Å². The molecule has 0 bridgehead atoms. The molecular weight excluding hydrogens is 302 g/mol. The number of fused-ring (bicyclic) bond motifs is 1. The molecule has 1 aromatic rings. The lowest BCUT2D eigenvalue weighted by atomic mass is 9.97. The van der Waals surface area contributed by atoms with Gasteiger partial charge in [-0.1, -0.05) is 19.1 Å². The molecule has 2 atom stereocenters. The highest BCUT2D eigenvalue weighted by molar-refractivity contribution is 5.93. The molecule has 1 saturated heterocycles. The van der Waals surface area contributed by atoms with Crippen LogP contribution in [0.25, 0.3) is 0 Å². The normalized spacial score (nSPS) is 21.8. The van der Waals surface area contributed by atoms with Gasteiger partial charge in [-0.15, -0.1) is 0 Å². The molecule has 130 valence electrons. The monoisotopic (exact) mass is 329 g/mol. The highest BCUT2D eigenvalue weighted by Crippen LogP contribution is 2.26. The van der Waals surface area contributed by atoms with Crippen molar-refractivity contribution in [1.82, 2.24) is 10.2 Å². The summed E-state index contributed by atoms with van der Waals surface area (Å²) >= 11 is 0. The maximum atomic E-state index is 12.4. The summed E-state index contributed by atoms with van der Waals surface area (Å²) < 4.78 is 0. The Morgan fingerprint density at radius 2 is 2.25 bits per heavy atom. The second-order valence-electron chi connectivity index (χ2n) is 7.15. The number of anilines is 1. The van der Waals surface area contributed by atoms with Gasteiger partial charge in [0.15, 0.2) is 0 Å². The first-order valence-electron chi connectivity index (χ1n) is 8.97. The van der Waals surface area contributed by atoms with E-state index in [1.54, 1.807) is 0 Å². The largest absolute Gasteiger partial charge is 0.341 e. The van der Waals surface area contributed by atoms with Crippen molar-refractivity contribution in [3.63, 3.8) is 0 Å². The van der Waals surface area contributed by atoms with Gasteiger partial charge in [-0.3, -0.25) is 9.59 Å². The lowest BCUT2D eigenvalue weighted by Gasteiger charge is -2.31. The van der Waals surface area contributed by atoms with E-state index in [1.807, 2.05) is 17.0 Å². The first kappa shape index (κ1) is 17.0. The van der Waals surface area contributed by atoms with E-state index in [0.717, 1.165) is 37.2 Å². The molecule has 2 aliphatic rings. The molecule has 5 nitrogen and oxygen atoms in total.